The molecule has 0 saturated carbocycles. The molecule has 2 unspecified atom stereocenters. The number of piperidine rings is 1. The van der Waals surface area contributed by atoms with Gasteiger partial charge in [-0.25, -0.2) is 4.98 Å². The molecular weight excluding hydrogens is 378 g/mol. The Labute approximate surface area is 175 Å². The molecular formula is C23H27N5O2. The number of aromatic nitrogens is 4. The molecule has 1 saturated heterocycles. The summed E-state index contributed by atoms with van der Waals surface area (Å²) in [6.07, 6.45) is 1.03. The smallest absolute Gasteiger partial charge is 0.254 e. The molecule has 5 heterocycles. The number of fused-ring (bicyclic) bond motifs is 5. The van der Waals surface area contributed by atoms with E-state index in [4.69, 9.17) is 4.98 Å². The molecule has 0 aliphatic carbocycles. The van der Waals surface area contributed by atoms with Gasteiger partial charge in [-0.2, -0.15) is 5.10 Å². The molecule has 2 aliphatic rings. The molecule has 156 valence electrons. The zero-order valence-corrected chi connectivity index (χ0v) is 17.9. The van der Waals surface area contributed by atoms with Crippen LogP contribution in [0.3, 0.4) is 0 Å². The summed E-state index contributed by atoms with van der Waals surface area (Å²) in [7, 11) is 1.88. The van der Waals surface area contributed by atoms with E-state index < -0.39 is 0 Å². The van der Waals surface area contributed by atoms with E-state index in [-0.39, 0.29) is 23.3 Å². The Morgan fingerprint density at radius 3 is 2.77 bits per heavy atom. The summed E-state index contributed by atoms with van der Waals surface area (Å²) in [6.45, 7) is 8.11. The van der Waals surface area contributed by atoms with Gasteiger partial charge < -0.3 is 9.47 Å². The third kappa shape index (κ3) is 2.87. The Balaban J connectivity index is 1.56. The first-order chi connectivity index (χ1) is 14.3. The van der Waals surface area contributed by atoms with E-state index in [1.165, 1.54) is 0 Å². The molecule has 0 spiro atoms. The van der Waals surface area contributed by atoms with Crippen molar-refractivity contribution in [3.63, 3.8) is 0 Å². The predicted octanol–water partition coefficient (Wildman–Crippen LogP) is 2.82. The van der Waals surface area contributed by atoms with E-state index in [0.717, 1.165) is 34.5 Å². The Hall–Kier alpha value is -2.96. The second-order valence-corrected chi connectivity index (χ2v) is 9.07. The van der Waals surface area contributed by atoms with Gasteiger partial charge in [0.15, 0.2) is 5.65 Å². The van der Waals surface area contributed by atoms with Gasteiger partial charge in [0, 0.05) is 50.1 Å². The maximum absolute atomic E-state index is 13.8. The highest BCUT2D eigenvalue weighted by Crippen LogP contribution is 2.36. The van der Waals surface area contributed by atoms with Crippen molar-refractivity contribution in [1.82, 2.24) is 24.2 Å². The van der Waals surface area contributed by atoms with E-state index in [0.29, 0.717) is 31.1 Å². The fourth-order valence-corrected chi connectivity index (χ4v) is 5.16. The zero-order valence-electron chi connectivity index (χ0n) is 17.9. The summed E-state index contributed by atoms with van der Waals surface area (Å²) >= 11 is 0. The van der Waals surface area contributed by atoms with Crippen LogP contribution in [0.2, 0.25) is 0 Å². The number of hydrogen-bond acceptors (Lipinski definition) is 4. The number of nitrogens with zero attached hydrogens (tertiary/aromatic N) is 5. The van der Waals surface area contributed by atoms with Gasteiger partial charge >= 0.3 is 0 Å². The van der Waals surface area contributed by atoms with E-state index in [1.54, 1.807) is 10.7 Å². The SMILES string of the molecule is Cc1nn(C)c2nc(C(C)C)cc(C(=O)N3CC4CC(C3)c3cccc(=O)n3C4)c12. The second-order valence-electron chi connectivity index (χ2n) is 9.07. The lowest BCUT2D eigenvalue weighted by molar-refractivity contribution is 0.0596. The summed E-state index contributed by atoms with van der Waals surface area (Å²) in [5.74, 6) is 0.766. The summed E-state index contributed by atoms with van der Waals surface area (Å²) < 4.78 is 3.66. The molecule has 1 fully saturated rings. The topological polar surface area (TPSA) is 73.0 Å². The number of carbonyl (C=O) groups excluding carboxylic acids is 1. The van der Waals surface area contributed by atoms with Gasteiger partial charge in [0.2, 0.25) is 0 Å². The van der Waals surface area contributed by atoms with Crippen LogP contribution in [-0.2, 0) is 13.6 Å². The highest BCUT2D eigenvalue weighted by molar-refractivity contribution is 6.06. The molecule has 0 aromatic carbocycles. The van der Waals surface area contributed by atoms with Crippen molar-refractivity contribution in [1.29, 1.82) is 0 Å². The summed E-state index contributed by atoms with van der Waals surface area (Å²) in [4.78, 5) is 32.8. The average molecular weight is 406 g/mol. The first-order valence-corrected chi connectivity index (χ1v) is 10.7. The number of amides is 1. The van der Waals surface area contributed by atoms with Crippen molar-refractivity contribution in [2.75, 3.05) is 13.1 Å². The summed E-state index contributed by atoms with van der Waals surface area (Å²) in [5, 5.41) is 5.37. The van der Waals surface area contributed by atoms with Gasteiger partial charge in [0.25, 0.3) is 11.5 Å². The molecule has 7 nitrogen and oxygen atoms in total. The number of pyridine rings is 2. The molecule has 2 atom stereocenters. The number of hydrogen-bond donors (Lipinski definition) is 0. The molecule has 3 aromatic heterocycles. The van der Waals surface area contributed by atoms with Crippen molar-refractivity contribution >= 4 is 16.9 Å². The van der Waals surface area contributed by atoms with Gasteiger partial charge in [0.05, 0.1) is 16.6 Å². The standard InChI is InChI=1S/C23H27N5O2/c1-13(2)18-9-17(21-14(3)25-26(4)22(21)24-18)23(30)27-10-15-8-16(12-27)19-6-5-7-20(29)28(19)11-15/h5-7,9,13,15-16H,8,10-12H2,1-4H3. The van der Waals surface area contributed by atoms with Crippen LogP contribution in [0.1, 0.15) is 59.5 Å². The third-order valence-corrected chi connectivity index (χ3v) is 6.58. The van der Waals surface area contributed by atoms with Crippen LogP contribution >= 0.6 is 0 Å². The van der Waals surface area contributed by atoms with E-state index in [9.17, 15) is 9.59 Å². The van der Waals surface area contributed by atoms with Gasteiger partial charge in [-0.3, -0.25) is 14.3 Å². The molecule has 5 rings (SSSR count). The highest BCUT2D eigenvalue weighted by Gasteiger charge is 2.37. The molecule has 2 aliphatic heterocycles. The molecule has 0 N–H and O–H groups in total. The second kappa shape index (κ2) is 6.79. The number of likely N-dealkylation sites (tertiary alicyclic amines) is 1. The molecule has 2 bridgehead atoms. The first kappa shape index (κ1) is 19.0. The van der Waals surface area contributed by atoms with Crippen molar-refractivity contribution < 1.29 is 4.79 Å². The minimum atomic E-state index is 0.0434. The lowest BCUT2D eigenvalue weighted by Crippen LogP contribution is -2.49. The van der Waals surface area contributed by atoms with Gasteiger partial charge in [-0.1, -0.05) is 19.9 Å². The monoisotopic (exact) mass is 405 g/mol. The normalized spacial score (nSPS) is 20.6. The van der Waals surface area contributed by atoms with E-state index >= 15 is 0 Å². The van der Waals surface area contributed by atoms with Crippen LogP contribution in [0.15, 0.2) is 29.1 Å². The zero-order chi connectivity index (χ0) is 21.2. The molecule has 1 amide bonds. The van der Waals surface area contributed by atoms with Crippen molar-refractivity contribution in [2.24, 2.45) is 13.0 Å². The van der Waals surface area contributed by atoms with Crippen LogP contribution in [-0.4, -0.2) is 43.2 Å². The van der Waals surface area contributed by atoms with Crippen LogP contribution < -0.4 is 5.56 Å². The molecule has 30 heavy (non-hydrogen) atoms. The first-order valence-electron chi connectivity index (χ1n) is 10.7. The predicted molar refractivity (Wildman–Crippen MR) is 115 cm³/mol. The van der Waals surface area contributed by atoms with Crippen molar-refractivity contribution in [3.05, 3.63) is 57.3 Å². The van der Waals surface area contributed by atoms with E-state index in [2.05, 4.69) is 18.9 Å². The minimum Gasteiger partial charge on any atom is -0.338 e. The summed E-state index contributed by atoms with van der Waals surface area (Å²) in [5.41, 5.74) is 4.30. The highest BCUT2D eigenvalue weighted by atomic mass is 16.2. The van der Waals surface area contributed by atoms with Crippen molar-refractivity contribution in [3.8, 4) is 0 Å². The Morgan fingerprint density at radius 1 is 1.20 bits per heavy atom. The van der Waals surface area contributed by atoms with Gasteiger partial charge in [-0.05, 0) is 37.3 Å². The van der Waals surface area contributed by atoms with Crippen LogP contribution in [0.5, 0.6) is 0 Å². The van der Waals surface area contributed by atoms with Crippen LogP contribution in [0, 0.1) is 12.8 Å². The van der Waals surface area contributed by atoms with Gasteiger partial charge in [0.1, 0.15) is 0 Å². The summed E-state index contributed by atoms with van der Waals surface area (Å²) in [6, 6.07) is 7.44. The largest absolute Gasteiger partial charge is 0.338 e. The fraction of sp³-hybridized carbons (Fsp3) is 0.478. The Kier molecular flexibility index (Phi) is 4.31. The molecule has 7 heteroatoms. The molecule has 3 aromatic rings. The van der Waals surface area contributed by atoms with Crippen LogP contribution in [0.25, 0.3) is 11.0 Å². The third-order valence-electron chi connectivity index (χ3n) is 6.58. The lowest BCUT2D eigenvalue weighted by Gasteiger charge is -2.42. The Bertz CT molecular complexity index is 1220. The van der Waals surface area contributed by atoms with Crippen LogP contribution in [0.4, 0.5) is 0 Å². The number of aryl methyl sites for hydroxylation is 2. The van der Waals surface area contributed by atoms with Gasteiger partial charge in [-0.15, -0.1) is 0 Å². The lowest BCUT2D eigenvalue weighted by atomic mass is 9.83. The van der Waals surface area contributed by atoms with Crippen molar-refractivity contribution in [2.45, 2.75) is 45.6 Å². The molecule has 0 radical (unpaired) electrons. The quantitative estimate of drug-likeness (QED) is 0.657. The maximum Gasteiger partial charge on any atom is 0.254 e. The van der Waals surface area contributed by atoms with E-state index in [1.807, 2.05) is 41.6 Å². The number of carbonyl (C=O) groups is 1. The average Bonchev–Trinajstić information content (AvgIpc) is 3.01. The fourth-order valence-electron chi connectivity index (χ4n) is 5.16. The minimum absolute atomic E-state index is 0.0434. The maximum atomic E-state index is 13.8. The Morgan fingerprint density at radius 2 is 2.00 bits per heavy atom. The number of rotatable bonds is 2.